The first-order chi connectivity index (χ1) is 5.84. The van der Waals surface area contributed by atoms with Gasteiger partial charge < -0.3 is 9.64 Å². The number of nitrogens with one attached hydrogen (secondary N) is 1. The summed E-state index contributed by atoms with van der Waals surface area (Å²) in [4.78, 5) is 2.36. The summed E-state index contributed by atoms with van der Waals surface area (Å²) in [5.41, 5.74) is 3.46. The van der Waals surface area contributed by atoms with E-state index in [4.69, 9.17) is 4.74 Å². The van der Waals surface area contributed by atoms with Crippen molar-refractivity contribution in [2.45, 2.75) is 6.04 Å². The topological polar surface area (TPSA) is 27.7 Å². The lowest BCUT2D eigenvalue weighted by Gasteiger charge is -2.37. The highest BCUT2D eigenvalue weighted by Crippen LogP contribution is 2.02. The summed E-state index contributed by atoms with van der Waals surface area (Å²) in [5.74, 6) is 0. The third kappa shape index (κ3) is 1.95. The van der Waals surface area contributed by atoms with E-state index in [9.17, 15) is 0 Å². The minimum atomic E-state index is 0.577. The molecule has 0 unspecified atom stereocenters. The fourth-order valence-corrected chi connectivity index (χ4v) is 1.50. The number of piperazine rings is 1. The van der Waals surface area contributed by atoms with Gasteiger partial charge in [0.05, 0.1) is 19.3 Å². The van der Waals surface area contributed by atoms with E-state index in [1.54, 1.807) is 0 Å². The van der Waals surface area contributed by atoms with Crippen molar-refractivity contribution in [2.75, 3.05) is 46.4 Å². The van der Waals surface area contributed by atoms with Crippen LogP contribution in [0.25, 0.3) is 0 Å². The van der Waals surface area contributed by atoms with E-state index in [0.717, 1.165) is 26.3 Å². The summed E-state index contributed by atoms with van der Waals surface area (Å²) in [6.45, 7) is 6.36. The van der Waals surface area contributed by atoms with Gasteiger partial charge in [-0.05, 0) is 7.05 Å². The molecule has 0 bridgehead atoms. The van der Waals surface area contributed by atoms with Gasteiger partial charge in [0.2, 0.25) is 0 Å². The summed E-state index contributed by atoms with van der Waals surface area (Å²) >= 11 is 0. The highest BCUT2D eigenvalue weighted by atomic mass is 16.5. The van der Waals surface area contributed by atoms with Gasteiger partial charge in [-0.15, -0.1) is 0 Å². The smallest absolute Gasteiger partial charge is 0.0683 e. The molecule has 12 heavy (non-hydrogen) atoms. The Morgan fingerprint density at radius 3 is 2.33 bits per heavy atom. The molecule has 0 saturated carbocycles. The molecule has 4 heteroatoms. The molecule has 2 aliphatic heterocycles. The van der Waals surface area contributed by atoms with Gasteiger partial charge in [0.1, 0.15) is 0 Å². The first-order valence-corrected chi connectivity index (χ1v) is 4.62. The van der Waals surface area contributed by atoms with Crippen LogP contribution in [0.5, 0.6) is 0 Å². The summed E-state index contributed by atoms with van der Waals surface area (Å²) in [6.07, 6.45) is 0. The first-order valence-electron chi connectivity index (χ1n) is 4.62. The second-order valence-electron chi connectivity index (χ2n) is 3.65. The number of nitrogens with zero attached hydrogens (tertiary/aromatic N) is 2. The van der Waals surface area contributed by atoms with Crippen LogP contribution in [-0.4, -0.2) is 62.4 Å². The molecule has 0 aliphatic carbocycles. The largest absolute Gasteiger partial charge is 0.378 e. The third-order valence-electron chi connectivity index (χ3n) is 2.51. The van der Waals surface area contributed by atoms with Crippen molar-refractivity contribution < 1.29 is 4.74 Å². The van der Waals surface area contributed by atoms with Crippen LogP contribution < -0.4 is 5.43 Å². The fraction of sp³-hybridized carbons (Fsp3) is 1.00. The van der Waals surface area contributed by atoms with Crippen molar-refractivity contribution in [1.82, 2.24) is 15.3 Å². The third-order valence-corrected chi connectivity index (χ3v) is 2.51. The maximum Gasteiger partial charge on any atom is 0.0683 e. The maximum absolute atomic E-state index is 5.10. The molecule has 0 aromatic rings. The molecule has 4 nitrogen and oxygen atoms in total. The van der Waals surface area contributed by atoms with Crippen LogP contribution in [0.2, 0.25) is 0 Å². The van der Waals surface area contributed by atoms with Crippen molar-refractivity contribution in [3.8, 4) is 0 Å². The van der Waals surface area contributed by atoms with Crippen LogP contribution in [0.4, 0.5) is 0 Å². The molecule has 0 amide bonds. The summed E-state index contributed by atoms with van der Waals surface area (Å²) < 4.78 is 5.10. The zero-order chi connectivity index (χ0) is 8.39. The Hall–Kier alpha value is -0.160. The van der Waals surface area contributed by atoms with E-state index < -0.39 is 0 Å². The predicted molar refractivity (Wildman–Crippen MR) is 46.8 cm³/mol. The molecule has 0 atom stereocenters. The Morgan fingerprint density at radius 2 is 1.83 bits per heavy atom. The van der Waals surface area contributed by atoms with Gasteiger partial charge in [0.25, 0.3) is 0 Å². The lowest BCUT2D eigenvalue weighted by atomic mass is 10.3. The van der Waals surface area contributed by atoms with E-state index in [1.807, 2.05) is 0 Å². The highest BCUT2D eigenvalue weighted by molar-refractivity contribution is 4.74. The lowest BCUT2D eigenvalue weighted by molar-refractivity contribution is -0.0481. The number of hydrogen-bond donors (Lipinski definition) is 1. The van der Waals surface area contributed by atoms with Gasteiger partial charge in [-0.1, -0.05) is 0 Å². The van der Waals surface area contributed by atoms with Crippen LogP contribution >= 0.6 is 0 Å². The molecule has 0 spiro atoms. The molecule has 2 aliphatic rings. The van der Waals surface area contributed by atoms with Gasteiger partial charge in [-0.25, -0.2) is 10.4 Å². The van der Waals surface area contributed by atoms with Crippen molar-refractivity contribution >= 4 is 0 Å². The van der Waals surface area contributed by atoms with E-state index in [2.05, 4.69) is 22.4 Å². The number of ether oxygens (including phenoxy) is 1. The molecule has 2 heterocycles. The monoisotopic (exact) mass is 171 g/mol. The van der Waals surface area contributed by atoms with Crippen LogP contribution in [0.1, 0.15) is 0 Å². The number of rotatable bonds is 2. The predicted octanol–water partition coefficient (Wildman–Crippen LogP) is -0.863. The molecule has 2 rings (SSSR count). The number of hydrazine groups is 1. The van der Waals surface area contributed by atoms with Crippen LogP contribution in [0.3, 0.4) is 0 Å². The zero-order valence-electron chi connectivity index (χ0n) is 7.62. The molecule has 2 saturated heterocycles. The van der Waals surface area contributed by atoms with Crippen molar-refractivity contribution in [3.05, 3.63) is 0 Å². The summed E-state index contributed by atoms with van der Waals surface area (Å²) in [7, 11) is 2.17. The lowest BCUT2D eigenvalue weighted by Crippen LogP contribution is -2.58. The second-order valence-corrected chi connectivity index (χ2v) is 3.65. The van der Waals surface area contributed by atoms with E-state index in [0.29, 0.717) is 6.04 Å². The Morgan fingerprint density at radius 1 is 1.17 bits per heavy atom. The normalized spacial score (nSPS) is 28.8. The fourth-order valence-electron chi connectivity index (χ4n) is 1.50. The second kappa shape index (κ2) is 3.70. The van der Waals surface area contributed by atoms with E-state index >= 15 is 0 Å². The van der Waals surface area contributed by atoms with Crippen molar-refractivity contribution in [3.63, 3.8) is 0 Å². The Kier molecular flexibility index (Phi) is 2.60. The molecular weight excluding hydrogens is 154 g/mol. The average Bonchev–Trinajstić information content (AvgIpc) is 2.00. The number of likely N-dealkylation sites (N-methyl/N-ethyl adjacent to an activating group) is 1. The quantitative estimate of drug-likeness (QED) is 0.585. The Labute approximate surface area is 73.4 Å². The summed E-state index contributed by atoms with van der Waals surface area (Å²) in [5, 5.41) is 2.31. The molecular formula is C8H17N3O. The van der Waals surface area contributed by atoms with Crippen molar-refractivity contribution in [1.29, 1.82) is 0 Å². The maximum atomic E-state index is 5.10. The minimum Gasteiger partial charge on any atom is -0.378 e. The van der Waals surface area contributed by atoms with Crippen LogP contribution in [-0.2, 0) is 4.74 Å². The van der Waals surface area contributed by atoms with Gasteiger partial charge in [-0.2, -0.15) is 0 Å². The minimum absolute atomic E-state index is 0.577. The van der Waals surface area contributed by atoms with E-state index in [-0.39, 0.29) is 0 Å². The summed E-state index contributed by atoms with van der Waals surface area (Å²) in [6, 6.07) is 0.577. The molecule has 0 aromatic carbocycles. The Bertz CT molecular complexity index is 141. The van der Waals surface area contributed by atoms with Gasteiger partial charge in [-0.3, -0.25) is 0 Å². The first kappa shape index (κ1) is 8.44. The molecule has 0 radical (unpaired) electrons. The zero-order valence-corrected chi connectivity index (χ0v) is 7.62. The average molecular weight is 171 g/mol. The SMILES string of the molecule is CN1CCN(NC2COC2)CC1. The van der Waals surface area contributed by atoms with Crippen LogP contribution in [0, 0.1) is 0 Å². The molecule has 70 valence electrons. The van der Waals surface area contributed by atoms with Crippen LogP contribution in [0.15, 0.2) is 0 Å². The van der Waals surface area contributed by atoms with Gasteiger partial charge >= 0.3 is 0 Å². The standard InChI is InChI=1S/C8H17N3O/c1-10-2-4-11(5-3-10)9-8-6-12-7-8/h8-9H,2-7H2,1H3. The van der Waals surface area contributed by atoms with Gasteiger partial charge in [0.15, 0.2) is 0 Å². The van der Waals surface area contributed by atoms with Gasteiger partial charge in [0, 0.05) is 26.2 Å². The molecule has 1 N–H and O–H groups in total. The Balaban J connectivity index is 1.67. The van der Waals surface area contributed by atoms with E-state index in [1.165, 1.54) is 13.1 Å². The molecule has 2 fully saturated rings. The highest BCUT2D eigenvalue weighted by Gasteiger charge is 2.22. The molecule has 0 aromatic heterocycles. The number of hydrogen-bond acceptors (Lipinski definition) is 4. The van der Waals surface area contributed by atoms with Crippen molar-refractivity contribution in [2.24, 2.45) is 0 Å².